The van der Waals surface area contributed by atoms with E-state index >= 15 is 0 Å². The molecule has 0 N–H and O–H groups in total. The van der Waals surface area contributed by atoms with Gasteiger partial charge in [0.25, 0.3) is 0 Å². The Morgan fingerprint density at radius 2 is 1.94 bits per heavy atom. The maximum absolute atomic E-state index is 12.5. The van der Waals surface area contributed by atoms with Crippen LogP contribution in [0.25, 0.3) is 11.1 Å². The second kappa shape index (κ2) is 4.94. The molecule has 0 atom stereocenters. The van der Waals surface area contributed by atoms with Crippen LogP contribution in [0.3, 0.4) is 0 Å². The van der Waals surface area contributed by atoms with Gasteiger partial charge in [0.2, 0.25) is 0 Å². The van der Waals surface area contributed by atoms with Crippen LogP contribution < -0.4 is 0 Å². The van der Waals surface area contributed by atoms with Gasteiger partial charge in [0.05, 0.1) is 11.6 Å². The van der Waals surface area contributed by atoms with Crippen molar-refractivity contribution >= 4 is 11.6 Å². The van der Waals surface area contributed by atoms with Gasteiger partial charge in [-0.2, -0.15) is 13.2 Å². The lowest BCUT2D eigenvalue weighted by molar-refractivity contribution is -0.141. The summed E-state index contributed by atoms with van der Waals surface area (Å²) in [7, 11) is 0. The third kappa shape index (κ3) is 2.61. The van der Waals surface area contributed by atoms with E-state index in [1.54, 1.807) is 24.5 Å². The molecule has 18 heavy (non-hydrogen) atoms. The van der Waals surface area contributed by atoms with Gasteiger partial charge in [0.15, 0.2) is 0 Å². The van der Waals surface area contributed by atoms with Crippen LogP contribution in [0.1, 0.15) is 11.4 Å². The molecule has 0 fully saturated rings. The van der Waals surface area contributed by atoms with E-state index in [9.17, 15) is 13.2 Å². The minimum Gasteiger partial charge on any atom is -0.264 e. The van der Waals surface area contributed by atoms with Crippen molar-refractivity contribution in [2.75, 3.05) is 0 Å². The van der Waals surface area contributed by atoms with Gasteiger partial charge in [-0.15, -0.1) is 11.6 Å². The number of hydrogen-bond acceptors (Lipinski definition) is 2. The molecule has 0 bridgehead atoms. The lowest BCUT2D eigenvalue weighted by Gasteiger charge is -2.10. The predicted molar refractivity (Wildman–Crippen MR) is 62.0 cm³/mol. The molecule has 0 saturated heterocycles. The van der Waals surface area contributed by atoms with Gasteiger partial charge >= 0.3 is 6.18 Å². The monoisotopic (exact) mass is 272 g/mol. The molecule has 0 aliphatic rings. The Morgan fingerprint density at radius 1 is 1.17 bits per heavy atom. The first-order chi connectivity index (χ1) is 8.52. The van der Waals surface area contributed by atoms with E-state index in [2.05, 4.69) is 9.97 Å². The average molecular weight is 273 g/mol. The zero-order valence-electron chi connectivity index (χ0n) is 9.08. The van der Waals surface area contributed by atoms with Crippen LogP contribution in [0, 0.1) is 0 Å². The third-order valence-electron chi connectivity index (χ3n) is 2.36. The summed E-state index contributed by atoms with van der Waals surface area (Å²) in [4.78, 5) is 7.47. The van der Waals surface area contributed by atoms with Gasteiger partial charge in [-0.25, -0.2) is 4.98 Å². The van der Waals surface area contributed by atoms with Crippen LogP contribution in [0.5, 0.6) is 0 Å². The third-order valence-corrected chi connectivity index (χ3v) is 2.62. The van der Waals surface area contributed by atoms with Crippen molar-refractivity contribution in [2.24, 2.45) is 0 Å². The van der Waals surface area contributed by atoms with Crippen LogP contribution in [-0.4, -0.2) is 9.97 Å². The first kappa shape index (κ1) is 12.8. The molecule has 2 aromatic rings. The minimum atomic E-state index is -4.46. The fraction of sp³-hybridized carbons (Fsp3) is 0.167. The molecule has 0 radical (unpaired) electrons. The van der Waals surface area contributed by atoms with Crippen LogP contribution in [0.4, 0.5) is 13.2 Å². The number of aromatic nitrogens is 2. The summed E-state index contributed by atoms with van der Waals surface area (Å²) < 4.78 is 37.6. The summed E-state index contributed by atoms with van der Waals surface area (Å²) in [5.41, 5.74) is 0.505. The molecule has 2 rings (SSSR count). The van der Waals surface area contributed by atoms with E-state index in [4.69, 9.17) is 11.6 Å². The smallest absolute Gasteiger partial charge is 0.264 e. The van der Waals surface area contributed by atoms with E-state index in [1.165, 1.54) is 6.07 Å². The minimum absolute atomic E-state index is 0.0891. The Hall–Kier alpha value is -1.62. The molecule has 0 spiro atoms. The standard InChI is InChI=1S/C12H8ClF3N2/c13-6-10-9(8-2-1-5-17-7-8)3-4-11(18-10)12(14,15)16/h1-5,7H,6H2. The number of rotatable bonds is 2. The molecular weight excluding hydrogens is 265 g/mol. The number of alkyl halides is 4. The highest BCUT2D eigenvalue weighted by atomic mass is 35.5. The highest BCUT2D eigenvalue weighted by Gasteiger charge is 2.32. The quantitative estimate of drug-likeness (QED) is 0.775. The van der Waals surface area contributed by atoms with E-state index < -0.39 is 11.9 Å². The van der Waals surface area contributed by atoms with Gasteiger partial charge in [0, 0.05) is 23.5 Å². The summed E-state index contributed by atoms with van der Waals surface area (Å²) in [6.45, 7) is 0. The summed E-state index contributed by atoms with van der Waals surface area (Å²) in [6, 6.07) is 5.75. The first-order valence-corrected chi connectivity index (χ1v) is 5.59. The molecular formula is C12H8ClF3N2. The zero-order chi connectivity index (χ0) is 13.2. The second-order valence-corrected chi connectivity index (χ2v) is 3.83. The van der Waals surface area contributed by atoms with Crippen molar-refractivity contribution in [3.63, 3.8) is 0 Å². The van der Waals surface area contributed by atoms with Crippen molar-refractivity contribution in [3.05, 3.63) is 48.0 Å². The average Bonchev–Trinajstić information content (AvgIpc) is 2.38. The molecule has 0 amide bonds. The molecule has 6 heteroatoms. The van der Waals surface area contributed by atoms with E-state index in [-0.39, 0.29) is 11.6 Å². The van der Waals surface area contributed by atoms with Crippen molar-refractivity contribution in [3.8, 4) is 11.1 Å². The van der Waals surface area contributed by atoms with Gasteiger partial charge in [-0.3, -0.25) is 4.98 Å². The predicted octanol–water partition coefficient (Wildman–Crippen LogP) is 3.90. The maximum atomic E-state index is 12.5. The Balaban J connectivity index is 2.51. The molecule has 0 saturated carbocycles. The first-order valence-electron chi connectivity index (χ1n) is 5.06. The van der Waals surface area contributed by atoms with Crippen LogP contribution in [0.15, 0.2) is 36.7 Å². The second-order valence-electron chi connectivity index (χ2n) is 3.56. The largest absolute Gasteiger partial charge is 0.433 e. The van der Waals surface area contributed by atoms with Gasteiger partial charge in [-0.1, -0.05) is 12.1 Å². The Kier molecular flexibility index (Phi) is 3.52. The van der Waals surface area contributed by atoms with Gasteiger partial charge in [-0.05, 0) is 12.1 Å². The lowest BCUT2D eigenvalue weighted by atomic mass is 10.1. The van der Waals surface area contributed by atoms with Gasteiger partial charge < -0.3 is 0 Å². The highest BCUT2D eigenvalue weighted by molar-refractivity contribution is 6.17. The maximum Gasteiger partial charge on any atom is 0.433 e. The topological polar surface area (TPSA) is 25.8 Å². The Bertz CT molecular complexity index is 541. The van der Waals surface area contributed by atoms with E-state index in [0.717, 1.165) is 6.07 Å². The molecule has 2 aromatic heterocycles. The fourth-order valence-corrected chi connectivity index (χ4v) is 1.75. The van der Waals surface area contributed by atoms with E-state index in [1.807, 2.05) is 0 Å². The van der Waals surface area contributed by atoms with Crippen LogP contribution >= 0.6 is 11.6 Å². The molecule has 94 valence electrons. The Morgan fingerprint density at radius 3 is 2.50 bits per heavy atom. The normalized spacial score (nSPS) is 11.6. The van der Waals surface area contributed by atoms with Gasteiger partial charge in [0.1, 0.15) is 5.69 Å². The molecule has 0 aliphatic carbocycles. The SMILES string of the molecule is FC(F)(F)c1ccc(-c2cccnc2)c(CCl)n1. The fourth-order valence-electron chi connectivity index (χ4n) is 1.55. The van der Waals surface area contributed by atoms with E-state index in [0.29, 0.717) is 11.1 Å². The number of hydrogen-bond donors (Lipinski definition) is 0. The molecule has 2 heterocycles. The number of pyridine rings is 2. The Labute approximate surface area is 106 Å². The summed E-state index contributed by atoms with van der Waals surface area (Å²) >= 11 is 5.65. The van der Waals surface area contributed by atoms with Crippen molar-refractivity contribution in [1.82, 2.24) is 9.97 Å². The van der Waals surface area contributed by atoms with Crippen LogP contribution in [-0.2, 0) is 12.1 Å². The summed E-state index contributed by atoms with van der Waals surface area (Å²) in [5, 5.41) is 0. The zero-order valence-corrected chi connectivity index (χ0v) is 9.83. The molecule has 0 aromatic carbocycles. The molecule has 0 aliphatic heterocycles. The molecule has 0 unspecified atom stereocenters. The highest BCUT2D eigenvalue weighted by Crippen LogP contribution is 2.31. The number of halogens is 4. The van der Waals surface area contributed by atoms with Crippen molar-refractivity contribution < 1.29 is 13.2 Å². The van der Waals surface area contributed by atoms with Crippen LogP contribution in [0.2, 0.25) is 0 Å². The summed E-state index contributed by atoms with van der Waals surface area (Å²) in [6.07, 6.45) is -1.32. The molecule has 2 nitrogen and oxygen atoms in total. The van der Waals surface area contributed by atoms with Crippen molar-refractivity contribution in [1.29, 1.82) is 0 Å². The summed E-state index contributed by atoms with van der Waals surface area (Å²) in [5.74, 6) is -0.0891. The van der Waals surface area contributed by atoms with Crippen molar-refractivity contribution in [2.45, 2.75) is 12.1 Å². The lowest BCUT2D eigenvalue weighted by Crippen LogP contribution is -2.09. The number of nitrogens with zero attached hydrogens (tertiary/aromatic N) is 2.